The van der Waals surface area contributed by atoms with Gasteiger partial charge < -0.3 is 4.98 Å². The summed E-state index contributed by atoms with van der Waals surface area (Å²) in [7, 11) is 0. The minimum atomic E-state index is 0.768. The smallest absolute Gasteiger partial charge is 0.178 e. The second-order valence-electron chi connectivity index (χ2n) is 3.84. The molecular formula is C13H11N3. The summed E-state index contributed by atoms with van der Waals surface area (Å²) < 4.78 is 0. The van der Waals surface area contributed by atoms with E-state index in [0.717, 1.165) is 28.1 Å². The molecular weight excluding hydrogens is 198 g/mol. The number of H-pyrrole nitrogens is 1. The Morgan fingerprint density at radius 2 is 1.94 bits per heavy atom. The van der Waals surface area contributed by atoms with E-state index in [1.807, 2.05) is 43.5 Å². The van der Waals surface area contributed by atoms with E-state index in [1.54, 1.807) is 0 Å². The van der Waals surface area contributed by atoms with E-state index >= 15 is 0 Å². The maximum atomic E-state index is 4.46. The van der Waals surface area contributed by atoms with Crippen LogP contribution < -0.4 is 0 Å². The predicted molar refractivity (Wildman–Crippen MR) is 64.1 cm³/mol. The third-order valence-corrected chi connectivity index (χ3v) is 2.52. The van der Waals surface area contributed by atoms with Crippen molar-refractivity contribution in [1.29, 1.82) is 0 Å². The van der Waals surface area contributed by atoms with Crippen LogP contribution in [0.4, 0.5) is 0 Å². The normalized spacial score (nSPS) is 10.8. The molecule has 3 rings (SSSR count). The van der Waals surface area contributed by atoms with Crippen LogP contribution >= 0.6 is 0 Å². The number of fused-ring (bicyclic) bond motifs is 1. The summed E-state index contributed by atoms with van der Waals surface area (Å²) in [6.45, 7) is 2.02. The molecule has 0 saturated heterocycles. The molecule has 3 aromatic rings. The van der Waals surface area contributed by atoms with Gasteiger partial charge in [-0.1, -0.05) is 30.3 Å². The summed E-state index contributed by atoms with van der Waals surface area (Å²) in [6.07, 6.45) is 1.83. The van der Waals surface area contributed by atoms with Gasteiger partial charge in [0.25, 0.3) is 0 Å². The lowest BCUT2D eigenvalue weighted by Crippen LogP contribution is -1.78. The van der Waals surface area contributed by atoms with Crippen molar-refractivity contribution >= 4 is 11.2 Å². The Kier molecular flexibility index (Phi) is 1.96. The Hall–Kier alpha value is -2.16. The van der Waals surface area contributed by atoms with Crippen LogP contribution in [0.15, 0.2) is 42.6 Å². The Morgan fingerprint density at radius 3 is 2.75 bits per heavy atom. The molecule has 3 heteroatoms. The fraction of sp³-hybridized carbons (Fsp3) is 0.0769. The third kappa shape index (κ3) is 1.46. The lowest BCUT2D eigenvalue weighted by molar-refractivity contribution is 1.28. The van der Waals surface area contributed by atoms with Gasteiger partial charge in [-0.15, -0.1) is 0 Å². The zero-order chi connectivity index (χ0) is 11.0. The molecule has 0 unspecified atom stereocenters. The van der Waals surface area contributed by atoms with Crippen molar-refractivity contribution < 1.29 is 0 Å². The summed E-state index contributed by atoms with van der Waals surface area (Å²) in [5.74, 6) is 0.869. The summed E-state index contributed by atoms with van der Waals surface area (Å²) in [5, 5.41) is 0. The first-order chi connectivity index (χ1) is 7.83. The molecule has 78 valence electrons. The average Bonchev–Trinajstić information content (AvgIpc) is 2.73. The van der Waals surface area contributed by atoms with Crippen LogP contribution in [-0.2, 0) is 0 Å². The number of benzene rings is 1. The van der Waals surface area contributed by atoms with Gasteiger partial charge in [-0.2, -0.15) is 0 Å². The summed E-state index contributed by atoms with van der Waals surface area (Å²) in [4.78, 5) is 12.0. The van der Waals surface area contributed by atoms with E-state index in [2.05, 4.69) is 21.0 Å². The first-order valence-corrected chi connectivity index (χ1v) is 5.21. The van der Waals surface area contributed by atoms with Crippen molar-refractivity contribution in [3.05, 3.63) is 48.2 Å². The maximum Gasteiger partial charge on any atom is 0.178 e. The maximum absolute atomic E-state index is 4.46. The van der Waals surface area contributed by atoms with Crippen molar-refractivity contribution in [1.82, 2.24) is 15.0 Å². The second kappa shape index (κ2) is 3.45. The number of aromatic nitrogens is 3. The van der Waals surface area contributed by atoms with Crippen LogP contribution in [0.5, 0.6) is 0 Å². The largest absolute Gasteiger partial charge is 0.337 e. The molecule has 2 aromatic heterocycles. The number of nitrogens with zero attached hydrogens (tertiary/aromatic N) is 2. The molecule has 0 aliphatic rings. The van der Waals surface area contributed by atoms with Crippen molar-refractivity contribution in [2.45, 2.75) is 6.92 Å². The third-order valence-electron chi connectivity index (χ3n) is 2.52. The average molecular weight is 209 g/mol. The van der Waals surface area contributed by atoms with Gasteiger partial charge in [0, 0.05) is 11.8 Å². The molecule has 0 atom stereocenters. The molecule has 1 N–H and O–H groups in total. The van der Waals surface area contributed by atoms with Crippen molar-refractivity contribution in [3.8, 4) is 11.4 Å². The molecule has 0 aliphatic carbocycles. The molecule has 0 aliphatic heterocycles. The molecule has 0 amide bonds. The number of aromatic amines is 1. The van der Waals surface area contributed by atoms with Gasteiger partial charge in [0.05, 0.1) is 5.52 Å². The first-order valence-electron chi connectivity index (χ1n) is 5.21. The molecule has 0 saturated carbocycles. The van der Waals surface area contributed by atoms with Crippen LogP contribution in [0.3, 0.4) is 0 Å². The zero-order valence-electron chi connectivity index (χ0n) is 8.94. The lowest BCUT2D eigenvalue weighted by atomic mass is 10.2. The van der Waals surface area contributed by atoms with Gasteiger partial charge in [-0.25, -0.2) is 9.97 Å². The monoisotopic (exact) mass is 209 g/mol. The number of imidazole rings is 1. The van der Waals surface area contributed by atoms with E-state index in [9.17, 15) is 0 Å². The standard InChI is InChI=1S/C13H11N3/c1-9-7-11-13(14-8-9)16-12(15-11)10-5-3-2-4-6-10/h2-8H,1H3,(H,14,15,16). The van der Waals surface area contributed by atoms with Gasteiger partial charge in [0.1, 0.15) is 5.82 Å². The van der Waals surface area contributed by atoms with Gasteiger partial charge >= 0.3 is 0 Å². The Bertz CT molecular complexity index is 626. The number of hydrogen-bond donors (Lipinski definition) is 1. The fourth-order valence-electron chi connectivity index (χ4n) is 1.74. The molecule has 0 bridgehead atoms. The van der Waals surface area contributed by atoms with E-state index in [1.165, 1.54) is 0 Å². The highest BCUT2D eigenvalue weighted by Crippen LogP contribution is 2.19. The minimum Gasteiger partial charge on any atom is -0.337 e. The van der Waals surface area contributed by atoms with E-state index in [0.29, 0.717) is 0 Å². The first kappa shape index (κ1) is 9.09. The summed E-state index contributed by atoms with van der Waals surface area (Å²) in [5.41, 5.74) is 3.97. The van der Waals surface area contributed by atoms with Crippen LogP contribution in [0.2, 0.25) is 0 Å². The predicted octanol–water partition coefficient (Wildman–Crippen LogP) is 2.93. The quantitative estimate of drug-likeness (QED) is 0.669. The molecule has 2 heterocycles. The topological polar surface area (TPSA) is 41.6 Å². The number of pyridine rings is 1. The number of hydrogen-bond acceptors (Lipinski definition) is 2. The number of nitrogens with one attached hydrogen (secondary N) is 1. The highest BCUT2D eigenvalue weighted by molar-refractivity contribution is 5.76. The number of aryl methyl sites for hydroxylation is 1. The molecule has 0 radical (unpaired) electrons. The van der Waals surface area contributed by atoms with Gasteiger partial charge in [-0.05, 0) is 18.6 Å². The molecule has 0 spiro atoms. The van der Waals surface area contributed by atoms with Crippen LogP contribution in [0.25, 0.3) is 22.6 Å². The highest BCUT2D eigenvalue weighted by Gasteiger charge is 2.05. The van der Waals surface area contributed by atoms with E-state index in [-0.39, 0.29) is 0 Å². The molecule has 3 nitrogen and oxygen atoms in total. The Labute approximate surface area is 93.2 Å². The van der Waals surface area contributed by atoms with Gasteiger partial charge in [0.15, 0.2) is 5.65 Å². The lowest BCUT2D eigenvalue weighted by Gasteiger charge is -1.93. The van der Waals surface area contributed by atoms with Crippen molar-refractivity contribution in [3.63, 3.8) is 0 Å². The second-order valence-corrected chi connectivity index (χ2v) is 3.84. The Balaban J connectivity index is 2.19. The molecule has 0 fully saturated rings. The van der Waals surface area contributed by atoms with Crippen LogP contribution in [-0.4, -0.2) is 15.0 Å². The molecule has 1 aromatic carbocycles. The highest BCUT2D eigenvalue weighted by atomic mass is 15.0. The van der Waals surface area contributed by atoms with Crippen LogP contribution in [0, 0.1) is 6.92 Å². The Morgan fingerprint density at radius 1 is 1.12 bits per heavy atom. The summed E-state index contributed by atoms with van der Waals surface area (Å²) in [6, 6.07) is 12.1. The van der Waals surface area contributed by atoms with Gasteiger partial charge in [0.2, 0.25) is 0 Å². The van der Waals surface area contributed by atoms with Crippen molar-refractivity contribution in [2.24, 2.45) is 0 Å². The van der Waals surface area contributed by atoms with E-state index < -0.39 is 0 Å². The van der Waals surface area contributed by atoms with E-state index in [4.69, 9.17) is 0 Å². The minimum absolute atomic E-state index is 0.768. The SMILES string of the molecule is Cc1cnc2nc(-c3ccccc3)[nH]c2c1. The molecule has 16 heavy (non-hydrogen) atoms. The van der Waals surface area contributed by atoms with Crippen molar-refractivity contribution in [2.75, 3.05) is 0 Å². The number of rotatable bonds is 1. The zero-order valence-corrected chi connectivity index (χ0v) is 8.94. The fourth-order valence-corrected chi connectivity index (χ4v) is 1.74. The summed E-state index contributed by atoms with van der Waals surface area (Å²) >= 11 is 0. The van der Waals surface area contributed by atoms with Crippen LogP contribution in [0.1, 0.15) is 5.56 Å². The van der Waals surface area contributed by atoms with Gasteiger partial charge in [-0.3, -0.25) is 0 Å².